The molecule has 126 valence electrons. The summed E-state index contributed by atoms with van der Waals surface area (Å²) in [6.45, 7) is 4.49. The molecule has 0 atom stereocenters. The first-order valence-corrected chi connectivity index (χ1v) is 8.53. The highest BCUT2D eigenvalue weighted by molar-refractivity contribution is 9.10. The summed E-state index contributed by atoms with van der Waals surface area (Å²) in [7, 11) is 0. The predicted octanol–water partition coefficient (Wildman–Crippen LogP) is 3.68. The van der Waals surface area contributed by atoms with E-state index in [1.54, 1.807) is 4.68 Å². The summed E-state index contributed by atoms with van der Waals surface area (Å²) < 4.78 is 10.0. The Morgan fingerprint density at radius 3 is 2.60 bits per heavy atom. The van der Waals surface area contributed by atoms with Gasteiger partial charge in [-0.2, -0.15) is 15.2 Å². The molecule has 0 unspecified atom stereocenters. The van der Waals surface area contributed by atoms with Gasteiger partial charge in [0.15, 0.2) is 5.69 Å². The molecule has 25 heavy (non-hydrogen) atoms. The van der Waals surface area contributed by atoms with E-state index < -0.39 is 0 Å². The van der Waals surface area contributed by atoms with Gasteiger partial charge in [-0.25, -0.2) is 4.68 Å². The van der Waals surface area contributed by atoms with E-state index in [0.29, 0.717) is 24.1 Å². The third-order valence-electron chi connectivity index (χ3n) is 3.89. The van der Waals surface area contributed by atoms with Crippen molar-refractivity contribution in [3.63, 3.8) is 0 Å². The molecule has 0 radical (unpaired) electrons. The summed E-state index contributed by atoms with van der Waals surface area (Å²) in [4.78, 5) is 4.42. The van der Waals surface area contributed by atoms with E-state index in [1.807, 2.05) is 61.1 Å². The number of rotatable bonds is 4. The highest BCUT2D eigenvalue weighted by Crippen LogP contribution is 2.22. The van der Waals surface area contributed by atoms with Crippen molar-refractivity contribution in [1.82, 2.24) is 29.7 Å². The average Bonchev–Trinajstić information content (AvgIpc) is 3.34. The number of halogens is 1. The van der Waals surface area contributed by atoms with Crippen LogP contribution in [-0.4, -0.2) is 29.7 Å². The van der Waals surface area contributed by atoms with Gasteiger partial charge in [0.05, 0.1) is 15.9 Å². The highest BCUT2D eigenvalue weighted by atomic mass is 79.9. The molecule has 0 fully saturated rings. The van der Waals surface area contributed by atoms with Crippen LogP contribution < -0.4 is 0 Å². The summed E-state index contributed by atoms with van der Waals surface area (Å²) >= 11 is 3.53. The standard InChI is InChI=1S/C17H15BrN6O/c1-11-15(18)12(2)24(20-11)10-23-9-8-14(21-23)17-19-16(22-25-17)13-6-4-3-5-7-13/h3-9H,10H2,1-2H3. The molecule has 3 heterocycles. The van der Waals surface area contributed by atoms with Crippen LogP contribution in [0.2, 0.25) is 0 Å². The largest absolute Gasteiger partial charge is 0.332 e. The molecule has 0 aliphatic rings. The van der Waals surface area contributed by atoms with Gasteiger partial charge in [0.2, 0.25) is 5.82 Å². The van der Waals surface area contributed by atoms with E-state index >= 15 is 0 Å². The Morgan fingerprint density at radius 1 is 1.08 bits per heavy atom. The Bertz CT molecular complexity index is 1020. The van der Waals surface area contributed by atoms with Crippen LogP contribution in [0.25, 0.3) is 23.0 Å². The first kappa shape index (κ1) is 15.8. The van der Waals surface area contributed by atoms with Crippen LogP contribution in [0.3, 0.4) is 0 Å². The minimum absolute atomic E-state index is 0.396. The molecular formula is C17H15BrN6O. The van der Waals surface area contributed by atoms with Crippen LogP contribution in [0.4, 0.5) is 0 Å². The monoisotopic (exact) mass is 398 g/mol. The second kappa shape index (κ2) is 6.29. The van der Waals surface area contributed by atoms with Gasteiger partial charge in [0, 0.05) is 11.8 Å². The summed E-state index contributed by atoms with van der Waals surface area (Å²) in [5, 5.41) is 13.0. The molecule has 3 aromatic heterocycles. The Labute approximate surface area is 152 Å². The number of aryl methyl sites for hydroxylation is 1. The van der Waals surface area contributed by atoms with E-state index in [4.69, 9.17) is 4.52 Å². The molecule has 0 spiro atoms. The van der Waals surface area contributed by atoms with E-state index in [1.165, 1.54) is 0 Å². The minimum atomic E-state index is 0.396. The Hall–Kier alpha value is -2.74. The van der Waals surface area contributed by atoms with Crippen molar-refractivity contribution in [2.45, 2.75) is 20.5 Å². The Balaban J connectivity index is 1.57. The molecule has 0 aliphatic heterocycles. The third kappa shape index (κ3) is 3.00. The molecule has 0 bridgehead atoms. The maximum absolute atomic E-state index is 5.35. The van der Waals surface area contributed by atoms with Crippen molar-refractivity contribution >= 4 is 15.9 Å². The normalized spacial score (nSPS) is 11.2. The molecule has 0 aliphatic carbocycles. The van der Waals surface area contributed by atoms with E-state index in [9.17, 15) is 0 Å². The summed E-state index contributed by atoms with van der Waals surface area (Å²) in [6.07, 6.45) is 1.87. The van der Waals surface area contributed by atoms with Gasteiger partial charge >= 0.3 is 0 Å². The third-order valence-corrected chi connectivity index (χ3v) is 5.04. The zero-order chi connectivity index (χ0) is 17.4. The Kier molecular flexibility index (Phi) is 3.96. The highest BCUT2D eigenvalue weighted by Gasteiger charge is 2.14. The van der Waals surface area contributed by atoms with E-state index in [2.05, 4.69) is 36.3 Å². The lowest BCUT2D eigenvalue weighted by atomic mass is 10.2. The maximum Gasteiger partial charge on any atom is 0.278 e. The fraction of sp³-hybridized carbons (Fsp3) is 0.176. The fourth-order valence-electron chi connectivity index (χ4n) is 2.54. The summed E-state index contributed by atoms with van der Waals surface area (Å²) in [6, 6.07) is 11.5. The SMILES string of the molecule is Cc1nn(Cn2ccc(-c3nc(-c4ccccc4)no3)n2)c(C)c1Br. The molecule has 1 aromatic carbocycles. The van der Waals surface area contributed by atoms with Crippen molar-refractivity contribution in [2.75, 3.05) is 0 Å². The summed E-state index contributed by atoms with van der Waals surface area (Å²) in [5.74, 6) is 0.944. The van der Waals surface area contributed by atoms with Crippen molar-refractivity contribution in [3.05, 3.63) is 58.5 Å². The predicted molar refractivity (Wildman–Crippen MR) is 95.8 cm³/mol. The number of benzene rings is 1. The number of aromatic nitrogens is 6. The zero-order valence-corrected chi connectivity index (χ0v) is 15.3. The van der Waals surface area contributed by atoms with Crippen molar-refractivity contribution < 1.29 is 4.52 Å². The quantitative estimate of drug-likeness (QED) is 0.523. The van der Waals surface area contributed by atoms with Gasteiger partial charge in [-0.05, 0) is 35.8 Å². The second-order valence-electron chi connectivity index (χ2n) is 5.66. The van der Waals surface area contributed by atoms with E-state index in [-0.39, 0.29) is 0 Å². The molecule has 8 heteroatoms. The molecule has 4 rings (SSSR count). The topological polar surface area (TPSA) is 74.6 Å². The van der Waals surface area contributed by atoms with Gasteiger partial charge < -0.3 is 4.52 Å². The average molecular weight is 399 g/mol. The lowest BCUT2D eigenvalue weighted by molar-refractivity contribution is 0.428. The van der Waals surface area contributed by atoms with Gasteiger partial charge in [-0.3, -0.25) is 4.68 Å². The van der Waals surface area contributed by atoms with Crippen LogP contribution in [0.1, 0.15) is 11.4 Å². The number of nitrogens with zero attached hydrogens (tertiary/aromatic N) is 6. The lowest BCUT2D eigenvalue weighted by Crippen LogP contribution is -2.11. The summed E-state index contributed by atoms with van der Waals surface area (Å²) in [5.41, 5.74) is 3.55. The lowest BCUT2D eigenvalue weighted by Gasteiger charge is -2.04. The molecule has 4 aromatic rings. The smallest absolute Gasteiger partial charge is 0.278 e. The van der Waals surface area contributed by atoms with Crippen molar-refractivity contribution in [3.8, 4) is 23.0 Å². The molecular weight excluding hydrogens is 384 g/mol. The van der Waals surface area contributed by atoms with Crippen LogP contribution in [-0.2, 0) is 6.67 Å². The fourth-order valence-corrected chi connectivity index (χ4v) is 2.82. The number of hydrogen-bond acceptors (Lipinski definition) is 5. The second-order valence-corrected chi connectivity index (χ2v) is 6.45. The Morgan fingerprint density at radius 2 is 1.88 bits per heavy atom. The van der Waals surface area contributed by atoms with Crippen LogP contribution in [0.5, 0.6) is 0 Å². The van der Waals surface area contributed by atoms with Crippen LogP contribution in [0, 0.1) is 13.8 Å². The van der Waals surface area contributed by atoms with E-state index in [0.717, 1.165) is 21.4 Å². The molecule has 0 saturated carbocycles. The first-order chi connectivity index (χ1) is 12.1. The molecule has 0 saturated heterocycles. The van der Waals surface area contributed by atoms with Crippen molar-refractivity contribution in [1.29, 1.82) is 0 Å². The molecule has 0 amide bonds. The van der Waals surface area contributed by atoms with Gasteiger partial charge in [0.25, 0.3) is 5.89 Å². The van der Waals surface area contributed by atoms with Crippen LogP contribution >= 0.6 is 15.9 Å². The van der Waals surface area contributed by atoms with Gasteiger partial charge in [-0.1, -0.05) is 35.5 Å². The zero-order valence-electron chi connectivity index (χ0n) is 13.7. The minimum Gasteiger partial charge on any atom is -0.332 e. The number of hydrogen-bond donors (Lipinski definition) is 0. The molecule has 7 nitrogen and oxygen atoms in total. The molecule has 0 N–H and O–H groups in total. The van der Waals surface area contributed by atoms with Crippen LogP contribution in [0.15, 0.2) is 51.6 Å². The van der Waals surface area contributed by atoms with Gasteiger partial charge in [-0.15, -0.1) is 0 Å². The maximum atomic E-state index is 5.35. The first-order valence-electron chi connectivity index (χ1n) is 7.74. The van der Waals surface area contributed by atoms with Gasteiger partial charge in [0.1, 0.15) is 6.67 Å². The van der Waals surface area contributed by atoms with Crippen molar-refractivity contribution in [2.24, 2.45) is 0 Å².